The number of hydrogen-bond donors (Lipinski definition) is 3. The second-order valence-electron chi connectivity index (χ2n) is 5.52. The van der Waals surface area contributed by atoms with E-state index in [0.29, 0.717) is 10.0 Å². The normalized spacial score (nSPS) is 13.4. The molecule has 0 saturated heterocycles. The van der Waals surface area contributed by atoms with Gasteiger partial charge in [-0.05, 0) is 42.3 Å². The second-order valence-corrected chi connectivity index (χ2v) is 6.39. The molecule has 0 heterocycles. The molecule has 1 amide bonds. The minimum atomic E-state index is -2.04. The van der Waals surface area contributed by atoms with Crippen LogP contribution in [0.2, 0.25) is 10.0 Å². The van der Waals surface area contributed by atoms with Crippen LogP contribution in [-0.2, 0) is 9.59 Å². The molecule has 2 rings (SSSR count). The predicted octanol–water partition coefficient (Wildman–Crippen LogP) is 3.00. The Labute approximate surface area is 149 Å². The van der Waals surface area contributed by atoms with Crippen molar-refractivity contribution in [1.82, 2.24) is 5.32 Å². The molecule has 0 saturated carbocycles. The fourth-order valence-electron chi connectivity index (χ4n) is 2.05. The van der Waals surface area contributed by atoms with Crippen LogP contribution in [0.3, 0.4) is 0 Å². The van der Waals surface area contributed by atoms with Crippen molar-refractivity contribution < 1.29 is 14.7 Å². The Bertz CT molecular complexity index is 698. The monoisotopic (exact) mass is 366 g/mol. The summed E-state index contributed by atoms with van der Waals surface area (Å²) in [6.07, 6.45) is 0. The SMILES string of the molecule is CC(N)(C(=O)O)C(=O)NC(c1ccc(Cl)cc1)c1ccc(Cl)cc1. The summed E-state index contributed by atoms with van der Waals surface area (Å²) in [6.45, 7) is 1.14. The van der Waals surface area contributed by atoms with Gasteiger partial charge in [-0.25, -0.2) is 4.79 Å². The van der Waals surface area contributed by atoms with E-state index in [9.17, 15) is 9.59 Å². The minimum Gasteiger partial charge on any atom is -0.479 e. The van der Waals surface area contributed by atoms with Crippen LogP contribution in [0.4, 0.5) is 0 Å². The number of benzene rings is 2. The predicted molar refractivity (Wildman–Crippen MR) is 93.1 cm³/mol. The smallest absolute Gasteiger partial charge is 0.333 e. The van der Waals surface area contributed by atoms with Crippen molar-refractivity contribution in [2.45, 2.75) is 18.5 Å². The van der Waals surface area contributed by atoms with Crippen LogP contribution in [0.5, 0.6) is 0 Å². The molecule has 2 aromatic carbocycles. The van der Waals surface area contributed by atoms with Crippen LogP contribution in [0.1, 0.15) is 24.1 Å². The number of hydrogen-bond acceptors (Lipinski definition) is 3. The van der Waals surface area contributed by atoms with Gasteiger partial charge < -0.3 is 16.2 Å². The standard InChI is InChI=1S/C17H16Cl2N2O3/c1-17(20,16(23)24)15(22)21-14(10-2-6-12(18)7-3-10)11-4-8-13(19)9-5-11/h2-9,14H,20H2,1H3,(H,21,22)(H,23,24). The maximum Gasteiger partial charge on any atom is 0.333 e. The van der Waals surface area contributed by atoms with Crippen LogP contribution in [0, 0.1) is 0 Å². The number of aliphatic carboxylic acids is 1. The van der Waals surface area contributed by atoms with E-state index in [4.69, 9.17) is 34.0 Å². The maximum absolute atomic E-state index is 12.3. The van der Waals surface area contributed by atoms with Gasteiger partial charge in [0.05, 0.1) is 6.04 Å². The van der Waals surface area contributed by atoms with Gasteiger partial charge in [-0.1, -0.05) is 47.5 Å². The molecule has 0 aliphatic heterocycles. The lowest BCUT2D eigenvalue weighted by Gasteiger charge is -2.25. The lowest BCUT2D eigenvalue weighted by molar-refractivity contribution is -0.148. The zero-order chi connectivity index (χ0) is 17.9. The molecule has 7 heteroatoms. The molecule has 1 atom stereocenters. The average Bonchev–Trinajstić information content (AvgIpc) is 2.54. The highest BCUT2D eigenvalue weighted by Crippen LogP contribution is 2.25. The van der Waals surface area contributed by atoms with Gasteiger partial charge in [0.1, 0.15) is 0 Å². The first-order chi connectivity index (χ1) is 11.2. The fourth-order valence-corrected chi connectivity index (χ4v) is 2.30. The zero-order valence-electron chi connectivity index (χ0n) is 12.8. The Morgan fingerprint density at radius 1 is 1.00 bits per heavy atom. The summed E-state index contributed by atoms with van der Waals surface area (Å²) >= 11 is 11.8. The Hall–Kier alpha value is -2.08. The number of carboxylic acid groups (broad SMARTS) is 1. The number of rotatable bonds is 5. The van der Waals surface area contributed by atoms with E-state index in [2.05, 4.69) is 5.32 Å². The van der Waals surface area contributed by atoms with Crippen molar-refractivity contribution >= 4 is 35.1 Å². The van der Waals surface area contributed by atoms with Crippen LogP contribution < -0.4 is 11.1 Å². The topological polar surface area (TPSA) is 92.4 Å². The number of amides is 1. The first-order valence-electron chi connectivity index (χ1n) is 7.06. The zero-order valence-corrected chi connectivity index (χ0v) is 14.3. The molecular weight excluding hydrogens is 351 g/mol. The number of halogens is 2. The third-order valence-electron chi connectivity index (χ3n) is 3.60. The van der Waals surface area contributed by atoms with E-state index < -0.39 is 23.5 Å². The quantitative estimate of drug-likeness (QED) is 0.709. The molecule has 5 nitrogen and oxygen atoms in total. The van der Waals surface area contributed by atoms with E-state index in [1.165, 1.54) is 0 Å². The van der Waals surface area contributed by atoms with Crippen molar-refractivity contribution in [3.63, 3.8) is 0 Å². The number of carbonyl (C=O) groups is 2. The van der Waals surface area contributed by atoms with Gasteiger partial charge in [0.2, 0.25) is 0 Å². The highest BCUT2D eigenvalue weighted by molar-refractivity contribution is 6.30. The fraction of sp³-hybridized carbons (Fsp3) is 0.176. The molecule has 0 aliphatic carbocycles. The molecule has 0 aromatic heterocycles. The first kappa shape index (κ1) is 18.3. The Balaban J connectivity index is 2.40. The molecule has 24 heavy (non-hydrogen) atoms. The molecule has 0 spiro atoms. The Morgan fingerprint density at radius 3 is 1.71 bits per heavy atom. The summed E-state index contributed by atoms with van der Waals surface area (Å²) in [5.41, 5.74) is 5.02. The number of nitrogens with two attached hydrogens (primary N) is 1. The summed E-state index contributed by atoms with van der Waals surface area (Å²) in [7, 11) is 0. The van der Waals surface area contributed by atoms with Crippen molar-refractivity contribution in [3.8, 4) is 0 Å². The molecule has 0 radical (unpaired) electrons. The molecule has 2 aromatic rings. The third kappa shape index (κ3) is 4.06. The number of nitrogens with one attached hydrogen (secondary N) is 1. The van der Waals surface area contributed by atoms with Gasteiger partial charge in [-0.2, -0.15) is 0 Å². The highest BCUT2D eigenvalue weighted by Gasteiger charge is 2.38. The molecular formula is C17H16Cl2N2O3. The largest absolute Gasteiger partial charge is 0.479 e. The summed E-state index contributed by atoms with van der Waals surface area (Å²) in [6, 6.07) is 13.1. The Kier molecular flexibility index (Phi) is 5.49. The van der Waals surface area contributed by atoms with E-state index >= 15 is 0 Å². The van der Waals surface area contributed by atoms with Gasteiger partial charge in [-0.3, -0.25) is 4.79 Å². The van der Waals surface area contributed by atoms with Gasteiger partial charge >= 0.3 is 5.97 Å². The second kappa shape index (κ2) is 7.21. The van der Waals surface area contributed by atoms with Crippen LogP contribution >= 0.6 is 23.2 Å². The van der Waals surface area contributed by atoms with E-state index in [0.717, 1.165) is 18.1 Å². The summed E-state index contributed by atoms with van der Waals surface area (Å²) in [5, 5.41) is 12.9. The summed E-state index contributed by atoms with van der Waals surface area (Å²) in [5.74, 6) is -2.21. The molecule has 0 aliphatic rings. The maximum atomic E-state index is 12.3. The van der Waals surface area contributed by atoms with E-state index in [1.807, 2.05) is 0 Å². The third-order valence-corrected chi connectivity index (χ3v) is 4.10. The van der Waals surface area contributed by atoms with Gasteiger partial charge in [0.15, 0.2) is 5.54 Å². The van der Waals surface area contributed by atoms with Gasteiger partial charge in [-0.15, -0.1) is 0 Å². The van der Waals surface area contributed by atoms with Crippen LogP contribution in [0.15, 0.2) is 48.5 Å². The minimum absolute atomic E-state index is 0.550. The lowest BCUT2D eigenvalue weighted by Crippen LogP contribution is -2.57. The average molecular weight is 367 g/mol. The first-order valence-corrected chi connectivity index (χ1v) is 7.81. The van der Waals surface area contributed by atoms with Gasteiger partial charge in [0, 0.05) is 10.0 Å². The summed E-state index contributed by atoms with van der Waals surface area (Å²) in [4.78, 5) is 23.5. The van der Waals surface area contributed by atoms with E-state index in [1.54, 1.807) is 48.5 Å². The molecule has 126 valence electrons. The van der Waals surface area contributed by atoms with Crippen molar-refractivity contribution in [3.05, 3.63) is 69.7 Å². The number of carbonyl (C=O) groups excluding carboxylic acids is 1. The number of carboxylic acids is 1. The van der Waals surface area contributed by atoms with Crippen LogP contribution in [0.25, 0.3) is 0 Å². The summed E-state index contributed by atoms with van der Waals surface area (Å²) < 4.78 is 0. The van der Waals surface area contributed by atoms with Crippen molar-refractivity contribution in [2.24, 2.45) is 5.73 Å². The lowest BCUT2D eigenvalue weighted by atomic mass is 9.96. The van der Waals surface area contributed by atoms with E-state index in [-0.39, 0.29) is 0 Å². The van der Waals surface area contributed by atoms with Crippen molar-refractivity contribution in [1.29, 1.82) is 0 Å². The van der Waals surface area contributed by atoms with Crippen molar-refractivity contribution in [2.75, 3.05) is 0 Å². The highest BCUT2D eigenvalue weighted by atomic mass is 35.5. The molecule has 0 bridgehead atoms. The molecule has 4 N–H and O–H groups in total. The molecule has 1 unspecified atom stereocenters. The van der Waals surface area contributed by atoms with Gasteiger partial charge in [0.25, 0.3) is 5.91 Å². The van der Waals surface area contributed by atoms with Crippen LogP contribution in [-0.4, -0.2) is 22.5 Å². The Morgan fingerprint density at radius 2 is 1.38 bits per heavy atom. The molecule has 0 fully saturated rings.